The molecule has 0 unspecified atom stereocenters. The summed E-state index contributed by atoms with van der Waals surface area (Å²) in [6, 6.07) is 11.7. The van der Waals surface area contributed by atoms with Crippen LogP contribution in [0.2, 0.25) is 0 Å². The standard InChI is InChI=1S/C14H14N4O/c1-19-11-6-4-10(5-7-11)9-18-14-12(13(15)17-18)3-2-8-16-14/h2-8H,9H2,1H3,(H2,15,17). The average Bonchev–Trinajstić information content (AvgIpc) is 2.77. The lowest BCUT2D eigenvalue weighted by Crippen LogP contribution is -2.03. The van der Waals surface area contributed by atoms with Gasteiger partial charge < -0.3 is 10.5 Å². The Bertz CT molecular complexity index is 703. The molecular weight excluding hydrogens is 240 g/mol. The van der Waals surface area contributed by atoms with E-state index in [-0.39, 0.29) is 0 Å². The predicted octanol–water partition coefficient (Wildman–Crippen LogP) is 2.07. The van der Waals surface area contributed by atoms with Crippen LogP contribution in [0.3, 0.4) is 0 Å². The number of hydrogen-bond donors (Lipinski definition) is 1. The van der Waals surface area contributed by atoms with E-state index >= 15 is 0 Å². The highest BCUT2D eigenvalue weighted by Crippen LogP contribution is 2.19. The monoisotopic (exact) mass is 254 g/mol. The maximum absolute atomic E-state index is 5.88. The van der Waals surface area contributed by atoms with Crippen molar-refractivity contribution < 1.29 is 4.74 Å². The van der Waals surface area contributed by atoms with Crippen molar-refractivity contribution in [3.63, 3.8) is 0 Å². The number of methoxy groups -OCH3 is 1. The van der Waals surface area contributed by atoms with Crippen LogP contribution in [0.5, 0.6) is 5.75 Å². The normalized spacial score (nSPS) is 10.8. The Balaban J connectivity index is 1.96. The number of nitrogens with zero attached hydrogens (tertiary/aromatic N) is 3. The van der Waals surface area contributed by atoms with E-state index in [1.165, 1.54) is 0 Å². The van der Waals surface area contributed by atoms with Crippen LogP contribution >= 0.6 is 0 Å². The third-order valence-electron chi connectivity index (χ3n) is 3.03. The van der Waals surface area contributed by atoms with Crippen LogP contribution < -0.4 is 10.5 Å². The summed E-state index contributed by atoms with van der Waals surface area (Å²) in [6.45, 7) is 0.634. The van der Waals surface area contributed by atoms with E-state index in [2.05, 4.69) is 10.1 Å². The summed E-state index contributed by atoms with van der Waals surface area (Å²) >= 11 is 0. The Morgan fingerprint density at radius 1 is 1.21 bits per heavy atom. The third kappa shape index (κ3) is 2.10. The van der Waals surface area contributed by atoms with Crippen molar-refractivity contribution in [3.8, 4) is 5.75 Å². The lowest BCUT2D eigenvalue weighted by molar-refractivity contribution is 0.414. The van der Waals surface area contributed by atoms with Crippen molar-refractivity contribution >= 4 is 16.9 Å². The van der Waals surface area contributed by atoms with Crippen LogP contribution in [0.4, 0.5) is 5.82 Å². The summed E-state index contributed by atoms with van der Waals surface area (Å²) in [6.07, 6.45) is 1.74. The number of benzene rings is 1. The molecule has 3 aromatic rings. The molecule has 0 fully saturated rings. The molecule has 0 aliphatic rings. The Morgan fingerprint density at radius 2 is 2.00 bits per heavy atom. The molecule has 3 rings (SSSR count). The van der Waals surface area contributed by atoms with Crippen molar-refractivity contribution in [2.24, 2.45) is 0 Å². The molecule has 2 heterocycles. The number of ether oxygens (including phenoxy) is 1. The molecule has 0 atom stereocenters. The van der Waals surface area contributed by atoms with Gasteiger partial charge in [0.15, 0.2) is 11.5 Å². The van der Waals surface area contributed by atoms with Crippen molar-refractivity contribution in [2.45, 2.75) is 6.54 Å². The number of anilines is 1. The highest BCUT2D eigenvalue weighted by Gasteiger charge is 2.08. The quantitative estimate of drug-likeness (QED) is 0.777. The highest BCUT2D eigenvalue weighted by molar-refractivity contribution is 5.86. The van der Waals surface area contributed by atoms with Gasteiger partial charge in [-0.3, -0.25) is 0 Å². The van der Waals surface area contributed by atoms with Crippen LogP contribution in [-0.4, -0.2) is 21.9 Å². The summed E-state index contributed by atoms with van der Waals surface area (Å²) in [4.78, 5) is 4.33. The van der Waals surface area contributed by atoms with Gasteiger partial charge >= 0.3 is 0 Å². The first-order valence-corrected chi connectivity index (χ1v) is 5.98. The molecular formula is C14H14N4O. The number of fused-ring (bicyclic) bond motifs is 1. The number of rotatable bonds is 3. The molecule has 2 aromatic heterocycles. The van der Waals surface area contributed by atoms with Gasteiger partial charge in [-0.25, -0.2) is 9.67 Å². The first kappa shape index (κ1) is 11.5. The molecule has 1 aromatic carbocycles. The second-order valence-corrected chi connectivity index (χ2v) is 4.27. The van der Waals surface area contributed by atoms with E-state index in [0.29, 0.717) is 12.4 Å². The van der Waals surface area contributed by atoms with Crippen molar-refractivity contribution in [2.75, 3.05) is 12.8 Å². The van der Waals surface area contributed by atoms with E-state index in [4.69, 9.17) is 10.5 Å². The molecule has 19 heavy (non-hydrogen) atoms. The zero-order chi connectivity index (χ0) is 13.2. The van der Waals surface area contributed by atoms with Gasteiger partial charge in [-0.1, -0.05) is 12.1 Å². The van der Waals surface area contributed by atoms with Gasteiger partial charge in [0, 0.05) is 6.20 Å². The minimum absolute atomic E-state index is 0.511. The molecule has 0 aliphatic carbocycles. The minimum Gasteiger partial charge on any atom is -0.497 e. The number of nitrogens with two attached hydrogens (primary N) is 1. The smallest absolute Gasteiger partial charge is 0.160 e. The zero-order valence-corrected chi connectivity index (χ0v) is 10.6. The van der Waals surface area contributed by atoms with Gasteiger partial charge in [-0.2, -0.15) is 5.10 Å². The number of nitrogen functional groups attached to an aromatic ring is 1. The van der Waals surface area contributed by atoms with Crippen LogP contribution in [0.1, 0.15) is 5.56 Å². The molecule has 0 bridgehead atoms. The first-order valence-electron chi connectivity index (χ1n) is 5.98. The van der Waals surface area contributed by atoms with Gasteiger partial charge in [0.2, 0.25) is 0 Å². The summed E-state index contributed by atoms with van der Waals surface area (Å²) in [5.41, 5.74) is 7.81. The van der Waals surface area contributed by atoms with Crippen molar-refractivity contribution in [1.82, 2.24) is 14.8 Å². The molecule has 5 heteroatoms. The molecule has 0 saturated carbocycles. The SMILES string of the molecule is COc1ccc(Cn2nc(N)c3cccnc32)cc1. The Labute approximate surface area is 110 Å². The van der Waals surface area contributed by atoms with Gasteiger partial charge in [-0.15, -0.1) is 0 Å². The molecule has 2 N–H and O–H groups in total. The Morgan fingerprint density at radius 3 is 2.74 bits per heavy atom. The van der Waals surface area contributed by atoms with E-state index in [9.17, 15) is 0 Å². The van der Waals surface area contributed by atoms with Gasteiger partial charge in [0.25, 0.3) is 0 Å². The fourth-order valence-corrected chi connectivity index (χ4v) is 2.05. The molecule has 5 nitrogen and oxygen atoms in total. The third-order valence-corrected chi connectivity index (χ3v) is 3.03. The fourth-order valence-electron chi connectivity index (χ4n) is 2.05. The molecule has 0 radical (unpaired) electrons. The van der Waals surface area contributed by atoms with E-state index < -0.39 is 0 Å². The number of hydrogen-bond acceptors (Lipinski definition) is 4. The summed E-state index contributed by atoms with van der Waals surface area (Å²) in [5.74, 6) is 1.35. The maximum Gasteiger partial charge on any atom is 0.160 e. The maximum atomic E-state index is 5.88. The van der Waals surface area contributed by atoms with Crippen LogP contribution in [0.15, 0.2) is 42.6 Å². The van der Waals surface area contributed by atoms with Gasteiger partial charge in [0.1, 0.15) is 5.75 Å². The molecule has 96 valence electrons. The predicted molar refractivity (Wildman–Crippen MR) is 74.0 cm³/mol. The van der Waals surface area contributed by atoms with Crippen molar-refractivity contribution in [1.29, 1.82) is 0 Å². The van der Waals surface area contributed by atoms with E-state index in [1.807, 2.05) is 41.1 Å². The summed E-state index contributed by atoms with van der Waals surface area (Å²) in [7, 11) is 1.65. The molecule has 0 aliphatic heterocycles. The van der Waals surface area contributed by atoms with Crippen LogP contribution in [0, 0.1) is 0 Å². The summed E-state index contributed by atoms with van der Waals surface area (Å²) in [5, 5.41) is 5.21. The van der Waals surface area contributed by atoms with E-state index in [1.54, 1.807) is 13.3 Å². The number of pyridine rings is 1. The highest BCUT2D eigenvalue weighted by atomic mass is 16.5. The largest absolute Gasteiger partial charge is 0.497 e. The fraction of sp³-hybridized carbons (Fsp3) is 0.143. The van der Waals surface area contributed by atoms with Gasteiger partial charge in [-0.05, 0) is 29.8 Å². The van der Waals surface area contributed by atoms with Crippen LogP contribution in [0.25, 0.3) is 11.0 Å². The Hall–Kier alpha value is -2.56. The van der Waals surface area contributed by atoms with Crippen molar-refractivity contribution in [3.05, 3.63) is 48.2 Å². The van der Waals surface area contributed by atoms with E-state index in [0.717, 1.165) is 22.3 Å². The van der Waals surface area contributed by atoms with Gasteiger partial charge in [0.05, 0.1) is 19.0 Å². The minimum atomic E-state index is 0.511. The number of aromatic nitrogens is 3. The molecule has 0 saturated heterocycles. The summed E-state index contributed by atoms with van der Waals surface area (Å²) < 4.78 is 6.95. The Kier molecular flexibility index (Phi) is 2.79. The lowest BCUT2D eigenvalue weighted by Gasteiger charge is -2.04. The second kappa shape index (κ2) is 4.61. The molecule has 0 spiro atoms. The topological polar surface area (TPSA) is 66.0 Å². The molecule has 0 amide bonds. The first-order chi connectivity index (χ1) is 9.28. The second-order valence-electron chi connectivity index (χ2n) is 4.27. The average molecular weight is 254 g/mol. The lowest BCUT2D eigenvalue weighted by atomic mass is 10.2. The zero-order valence-electron chi connectivity index (χ0n) is 10.6. The van der Waals surface area contributed by atoms with Crippen LogP contribution in [-0.2, 0) is 6.54 Å².